The van der Waals surface area contributed by atoms with E-state index >= 15 is 0 Å². The number of fused-ring (bicyclic) bond motifs is 1. The standard InChI is InChI=1S/C26H25FN6O2/c1-35-15-18-5-4-10-32(18)25(34)22-11-23-20(14-28-22)24(16-8-9-16)31-33(23)26-29-12-17(13-30-26)19-6-2-3-7-21(19)27/h2-3,6-7,11-14,16,18H,4-5,8-10,15H2,1H3/t18-/m0/s1. The number of ether oxygens (including phenoxy) is 1. The summed E-state index contributed by atoms with van der Waals surface area (Å²) < 4.78 is 21.2. The van der Waals surface area contributed by atoms with E-state index in [1.54, 1.807) is 54.6 Å². The zero-order valence-electron chi connectivity index (χ0n) is 19.4. The third-order valence-electron chi connectivity index (χ3n) is 6.79. The first-order valence-electron chi connectivity index (χ1n) is 11.9. The molecule has 4 heterocycles. The number of amides is 1. The van der Waals surface area contributed by atoms with Crippen molar-refractivity contribution in [2.45, 2.75) is 37.6 Å². The van der Waals surface area contributed by atoms with E-state index in [1.165, 1.54) is 6.07 Å². The lowest BCUT2D eigenvalue weighted by molar-refractivity contribution is 0.0625. The van der Waals surface area contributed by atoms with Crippen LogP contribution in [0.4, 0.5) is 4.39 Å². The fraction of sp³-hybridized carbons (Fsp3) is 0.346. The van der Waals surface area contributed by atoms with E-state index in [9.17, 15) is 9.18 Å². The number of hydrogen-bond acceptors (Lipinski definition) is 6. The molecule has 6 rings (SSSR count). The van der Waals surface area contributed by atoms with Crippen LogP contribution in [-0.4, -0.2) is 61.8 Å². The molecule has 1 amide bonds. The average Bonchev–Trinajstić information content (AvgIpc) is 3.50. The van der Waals surface area contributed by atoms with Gasteiger partial charge < -0.3 is 9.64 Å². The molecule has 35 heavy (non-hydrogen) atoms. The van der Waals surface area contributed by atoms with Crippen LogP contribution in [0.25, 0.3) is 28.0 Å². The molecular formula is C26H25FN6O2. The summed E-state index contributed by atoms with van der Waals surface area (Å²) in [6.45, 7) is 1.21. The summed E-state index contributed by atoms with van der Waals surface area (Å²) in [5.41, 5.74) is 3.09. The van der Waals surface area contributed by atoms with Gasteiger partial charge in [-0.2, -0.15) is 9.78 Å². The van der Waals surface area contributed by atoms with Gasteiger partial charge in [-0.3, -0.25) is 9.78 Å². The van der Waals surface area contributed by atoms with Crippen molar-refractivity contribution in [1.29, 1.82) is 0 Å². The molecule has 1 saturated heterocycles. The van der Waals surface area contributed by atoms with E-state index in [0.29, 0.717) is 41.8 Å². The highest BCUT2D eigenvalue weighted by Crippen LogP contribution is 2.42. The molecule has 0 bridgehead atoms. The number of pyridine rings is 1. The quantitative estimate of drug-likeness (QED) is 0.419. The molecular weight excluding hydrogens is 447 g/mol. The van der Waals surface area contributed by atoms with Gasteiger partial charge >= 0.3 is 0 Å². The molecule has 2 fully saturated rings. The number of benzene rings is 1. The van der Waals surface area contributed by atoms with Crippen LogP contribution >= 0.6 is 0 Å². The molecule has 3 aromatic heterocycles. The largest absolute Gasteiger partial charge is 0.383 e. The number of carbonyl (C=O) groups excluding carboxylic acids is 1. The highest BCUT2D eigenvalue weighted by molar-refractivity contribution is 5.96. The van der Waals surface area contributed by atoms with Crippen LogP contribution in [0.2, 0.25) is 0 Å². The molecule has 2 aliphatic rings. The van der Waals surface area contributed by atoms with Gasteiger partial charge in [-0.05, 0) is 37.8 Å². The molecule has 1 aliphatic heterocycles. The molecule has 0 spiro atoms. The van der Waals surface area contributed by atoms with E-state index in [4.69, 9.17) is 9.84 Å². The first-order chi connectivity index (χ1) is 17.1. The van der Waals surface area contributed by atoms with Gasteiger partial charge in [0.25, 0.3) is 11.9 Å². The van der Waals surface area contributed by atoms with Crippen molar-refractivity contribution >= 4 is 16.8 Å². The average molecular weight is 473 g/mol. The van der Waals surface area contributed by atoms with Crippen LogP contribution in [0, 0.1) is 5.82 Å². The molecule has 1 aromatic carbocycles. The minimum absolute atomic E-state index is 0.0613. The Morgan fingerprint density at radius 3 is 2.66 bits per heavy atom. The summed E-state index contributed by atoms with van der Waals surface area (Å²) in [6, 6.07) is 8.38. The van der Waals surface area contributed by atoms with Gasteiger partial charge in [-0.15, -0.1) is 0 Å². The lowest BCUT2D eigenvalue weighted by Gasteiger charge is -2.23. The van der Waals surface area contributed by atoms with Crippen LogP contribution in [0.15, 0.2) is 48.9 Å². The van der Waals surface area contributed by atoms with Gasteiger partial charge in [0.2, 0.25) is 0 Å². The molecule has 1 atom stereocenters. The zero-order valence-corrected chi connectivity index (χ0v) is 19.4. The normalized spacial score (nSPS) is 17.9. The molecule has 1 saturated carbocycles. The fourth-order valence-electron chi connectivity index (χ4n) is 4.84. The number of halogens is 1. The van der Waals surface area contributed by atoms with Crippen LogP contribution in [-0.2, 0) is 4.74 Å². The molecule has 9 heteroatoms. The van der Waals surface area contributed by atoms with E-state index in [0.717, 1.165) is 42.3 Å². The first kappa shape index (κ1) is 21.8. The fourth-order valence-corrected chi connectivity index (χ4v) is 4.84. The summed E-state index contributed by atoms with van der Waals surface area (Å²) in [5, 5.41) is 5.72. The second-order valence-electron chi connectivity index (χ2n) is 9.16. The SMILES string of the molecule is COC[C@@H]1CCCN1C(=O)c1cc2c(cn1)c(C1CC1)nn2-c1ncc(-c2ccccc2F)cn1. The van der Waals surface area contributed by atoms with Gasteiger partial charge in [-0.25, -0.2) is 14.4 Å². The third-order valence-corrected chi connectivity index (χ3v) is 6.79. The highest BCUT2D eigenvalue weighted by atomic mass is 19.1. The second-order valence-corrected chi connectivity index (χ2v) is 9.16. The Kier molecular flexibility index (Phi) is 5.49. The Morgan fingerprint density at radius 1 is 1.11 bits per heavy atom. The number of likely N-dealkylation sites (tertiary alicyclic amines) is 1. The minimum atomic E-state index is -0.327. The number of hydrogen-bond donors (Lipinski definition) is 0. The Balaban J connectivity index is 1.39. The number of methoxy groups -OCH3 is 1. The van der Waals surface area contributed by atoms with Crippen molar-refractivity contribution < 1.29 is 13.9 Å². The second kappa shape index (κ2) is 8.81. The Morgan fingerprint density at radius 2 is 1.91 bits per heavy atom. The molecule has 0 N–H and O–H groups in total. The van der Waals surface area contributed by atoms with Crippen LogP contribution in [0.5, 0.6) is 0 Å². The van der Waals surface area contributed by atoms with Crippen molar-refractivity contribution in [2.24, 2.45) is 0 Å². The van der Waals surface area contributed by atoms with E-state index in [-0.39, 0.29) is 17.8 Å². The third kappa shape index (κ3) is 3.95. The van der Waals surface area contributed by atoms with Crippen LogP contribution in [0.3, 0.4) is 0 Å². The van der Waals surface area contributed by atoms with Gasteiger partial charge in [-0.1, -0.05) is 18.2 Å². The van der Waals surface area contributed by atoms with Crippen molar-refractivity contribution in [2.75, 3.05) is 20.3 Å². The lowest BCUT2D eigenvalue weighted by atomic mass is 10.1. The van der Waals surface area contributed by atoms with Gasteiger partial charge in [0.05, 0.1) is 23.9 Å². The molecule has 1 aliphatic carbocycles. The zero-order chi connectivity index (χ0) is 23.9. The lowest BCUT2D eigenvalue weighted by Crippen LogP contribution is -2.38. The number of aromatic nitrogens is 5. The number of nitrogens with zero attached hydrogens (tertiary/aromatic N) is 6. The van der Waals surface area contributed by atoms with Crippen molar-refractivity contribution in [1.82, 2.24) is 29.6 Å². The highest BCUT2D eigenvalue weighted by Gasteiger charge is 2.33. The monoisotopic (exact) mass is 472 g/mol. The molecule has 8 nitrogen and oxygen atoms in total. The summed E-state index contributed by atoms with van der Waals surface area (Å²) in [4.78, 5) is 28.7. The molecule has 4 aromatic rings. The Labute approximate surface area is 201 Å². The van der Waals surface area contributed by atoms with Crippen LogP contribution in [0.1, 0.15) is 47.8 Å². The maximum Gasteiger partial charge on any atom is 0.272 e. The number of carbonyl (C=O) groups is 1. The molecule has 0 unspecified atom stereocenters. The maximum atomic E-state index is 14.2. The van der Waals surface area contributed by atoms with Crippen molar-refractivity contribution in [3.05, 3.63) is 66.1 Å². The summed E-state index contributed by atoms with van der Waals surface area (Å²) in [5.74, 6) is 0.310. The minimum Gasteiger partial charge on any atom is -0.383 e. The van der Waals surface area contributed by atoms with Gasteiger partial charge in [0, 0.05) is 54.7 Å². The number of rotatable bonds is 6. The van der Waals surface area contributed by atoms with Crippen molar-refractivity contribution in [3.63, 3.8) is 0 Å². The molecule has 178 valence electrons. The predicted octanol–water partition coefficient (Wildman–Crippen LogP) is 4.15. The van der Waals surface area contributed by atoms with E-state index in [1.807, 2.05) is 4.90 Å². The predicted molar refractivity (Wildman–Crippen MR) is 128 cm³/mol. The summed E-state index contributed by atoms with van der Waals surface area (Å²) in [6.07, 6.45) is 8.96. The summed E-state index contributed by atoms with van der Waals surface area (Å²) >= 11 is 0. The Bertz CT molecular complexity index is 1400. The summed E-state index contributed by atoms with van der Waals surface area (Å²) in [7, 11) is 1.65. The van der Waals surface area contributed by atoms with Crippen LogP contribution < -0.4 is 0 Å². The van der Waals surface area contributed by atoms with Crippen molar-refractivity contribution in [3.8, 4) is 17.1 Å². The van der Waals surface area contributed by atoms with Gasteiger partial charge in [0.1, 0.15) is 11.5 Å². The van der Waals surface area contributed by atoms with E-state index < -0.39 is 0 Å². The van der Waals surface area contributed by atoms with E-state index in [2.05, 4.69) is 15.0 Å². The van der Waals surface area contributed by atoms with Gasteiger partial charge in [0.15, 0.2) is 0 Å². The smallest absolute Gasteiger partial charge is 0.272 e. The Hall–Kier alpha value is -3.72. The topological polar surface area (TPSA) is 86.0 Å². The molecule has 0 radical (unpaired) electrons. The first-order valence-corrected chi connectivity index (χ1v) is 11.9. The maximum absolute atomic E-state index is 14.2.